The van der Waals surface area contributed by atoms with Crippen LogP contribution >= 0.6 is 0 Å². The first kappa shape index (κ1) is 16.2. The van der Waals surface area contributed by atoms with Crippen LogP contribution in [0.5, 0.6) is 0 Å². The maximum Gasteiger partial charge on any atom is 0.406 e. The fraction of sp³-hybridized carbons (Fsp3) is 0.917. The summed E-state index contributed by atoms with van der Waals surface area (Å²) in [6.45, 7) is 6.60. The first-order valence-corrected chi connectivity index (χ1v) is 6.54. The molecule has 0 aliphatic carbocycles. The average molecular weight is 245 g/mol. The van der Waals surface area contributed by atoms with Crippen molar-refractivity contribution in [1.82, 2.24) is 16.0 Å². The predicted octanol–water partition coefficient (Wildman–Crippen LogP) is 1.10. The van der Waals surface area contributed by atoms with Gasteiger partial charge in [-0.25, -0.2) is 4.79 Å². The normalized spacial score (nSPS) is 10.2. The summed E-state index contributed by atoms with van der Waals surface area (Å²) in [7, 11) is 1.37. The van der Waals surface area contributed by atoms with Crippen molar-refractivity contribution in [3.05, 3.63) is 0 Å². The molecule has 0 rings (SSSR count). The van der Waals surface area contributed by atoms with Crippen LogP contribution in [0.25, 0.3) is 0 Å². The Morgan fingerprint density at radius 1 is 0.941 bits per heavy atom. The zero-order valence-corrected chi connectivity index (χ0v) is 11.2. The molecule has 3 N–H and O–H groups in total. The lowest BCUT2D eigenvalue weighted by Gasteiger charge is -2.07. The van der Waals surface area contributed by atoms with E-state index in [0.29, 0.717) is 6.54 Å². The summed E-state index contributed by atoms with van der Waals surface area (Å²) in [5.41, 5.74) is 0. The Hall–Kier alpha value is -0.810. The minimum Gasteiger partial charge on any atom is -0.453 e. The SMILES string of the molecule is CCCCCCNCCNCCNC(=O)OC. The molecule has 0 unspecified atom stereocenters. The van der Waals surface area contributed by atoms with Crippen molar-refractivity contribution in [3.63, 3.8) is 0 Å². The number of alkyl carbamates (subject to hydrolysis) is 1. The van der Waals surface area contributed by atoms with E-state index in [1.54, 1.807) is 0 Å². The third-order valence-corrected chi connectivity index (χ3v) is 2.44. The second-order valence-corrected chi connectivity index (χ2v) is 3.98. The lowest BCUT2D eigenvalue weighted by atomic mass is 10.2. The molecule has 0 radical (unpaired) electrons. The zero-order chi connectivity index (χ0) is 12.8. The highest BCUT2D eigenvalue weighted by Crippen LogP contribution is 1.96. The highest BCUT2D eigenvalue weighted by atomic mass is 16.5. The Labute approximate surface area is 105 Å². The number of methoxy groups -OCH3 is 1. The Morgan fingerprint density at radius 3 is 2.24 bits per heavy atom. The van der Waals surface area contributed by atoms with E-state index in [4.69, 9.17) is 0 Å². The molecule has 0 spiro atoms. The fourth-order valence-corrected chi connectivity index (χ4v) is 1.43. The minimum absolute atomic E-state index is 0.374. The molecular weight excluding hydrogens is 218 g/mol. The maximum absolute atomic E-state index is 10.7. The monoisotopic (exact) mass is 245 g/mol. The van der Waals surface area contributed by atoms with E-state index in [1.165, 1.54) is 32.8 Å². The van der Waals surface area contributed by atoms with Crippen LogP contribution in [0, 0.1) is 0 Å². The van der Waals surface area contributed by atoms with E-state index in [9.17, 15) is 4.79 Å². The maximum atomic E-state index is 10.7. The molecule has 0 saturated carbocycles. The van der Waals surface area contributed by atoms with E-state index < -0.39 is 0 Å². The number of carbonyl (C=O) groups is 1. The summed E-state index contributed by atoms with van der Waals surface area (Å²) in [4.78, 5) is 10.7. The lowest BCUT2D eigenvalue weighted by molar-refractivity contribution is 0.171. The highest BCUT2D eigenvalue weighted by molar-refractivity contribution is 5.66. The van der Waals surface area contributed by atoms with E-state index in [-0.39, 0.29) is 6.09 Å². The first-order valence-electron chi connectivity index (χ1n) is 6.54. The standard InChI is InChI=1S/C12H27N3O2/c1-3-4-5-6-7-13-8-9-14-10-11-15-12(16)17-2/h13-14H,3-11H2,1-2H3,(H,15,16). The highest BCUT2D eigenvalue weighted by Gasteiger charge is 1.95. The predicted molar refractivity (Wildman–Crippen MR) is 70.3 cm³/mol. The van der Waals surface area contributed by atoms with Gasteiger partial charge in [0.25, 0.3) is 0 Å². The Morgan fingerprint density at radius 2 is 1.59 bits per heavy atom. The second kappa shape index (κ2) is 13.3. The second-order valence-electron chi connectivity index (χ2n) is 3.98. The molecule has 102 valence electrons. The van der Waals surface area contributed by atoms with Gasteiger partial charge in [0.1, 0.15) is 0 Å². The molecule has 0 atom stereocenters. The summed E-state index contributed by atoms with van der Waals surface area (Å²) < 4.78 is 4.45. The molecule has 5 heteroatoms. The summed E-state index contributed by atoms with van der Waals surface area (Å²) >= 11 is 0. The van der Waals surface area contributed by atoms with Crippen LogP contribution in [0.4, 0.5) is 4.79 Å². The van der Waals surface area contributed by atoms with Gasteiger partial charge < -0.3 is 20.7 Å². The molecular formula is C12H27N3O2. The van der Waals surface area contributed by atoms with Crippen LogP contribution in [-0.2, 0) is 4.74 Å². The van der Waals surface area contributed by atoms with Crippen molar-refractivity contribution in [2.45, 2.75) is 32.6 Å². The Balaban J connectivity index is 2.96. The summed E-state index contributed by atoms with van der Waals surface area (Å²) in [5, 5.41) is 9.23. The van der Waals surface area contributed by atoms with E-state index in [0.717, 1.165) is 26.2 Å². The molecule has 0 aliphatic rings. The minimum atomic E-state index is -0.374. The number of rotatable bonds is 11. The van der Waals surface area contributed by atoms with Gasteiger partial charge in [0, 0.05) is 26.2 Å². The molecule has 0 aromatic heterocycles. The van der Waals surface area contributed by atoms with Crippen molar-refractivity contribution in [1.29, 1.82) is 0 Å². The Kier molecular flexibility index (Phi) is 12.6. The quantitative estimate of drug-likeness (QED) is 0.477. The molecule has 0 saturated heterocycles. The van der Waals surface area contributed by atoms with Crippen molar-refractivity contribution >= 4 is 6.09 Å². The van der Waals surface area contributed by atoms with Crippen LogP contribution in [0.15, 0.2) is 0 Å². The summed E-state index contributed by atoms with van der Waals surface area (Å²) in [6, 6.07) is 0. The number of nitrogens with one attached hydrogen (secondary N) is 3. The molecule has 0 aromatic carbocycles. The van der Waals surface area contributed by atoms with Gasteiger partial charge >= 0.3 is 6.09 Å². The van der Waals surface area contributed by atoms with Gasteiger partial charge in [-0.3, -0.25) is 0 Å². The van der Waals surface area contributed by atoms with Gasteiger partial charge in [0.15, 0.2) is 0 Å². The molecule has 0 aliphatic heterocycles. The number of ether oxygens (including phenoxy) is 1. The van der Waals surface area contributed by atoms with Gasteiger partial charge in [-0.1, -0.05) is 26.2 Å². The number of hydrogen-bond acceptors (Lipinski definition) is 4. The van der Waals surface area contributed by atoms with Crippen LogP contribution in [0.2, 0.25) is 0 Å². The molecule has 1 amide bonds. The third kappa shape index (κ3) is 13.1. The molecule has 0 heterocycles. The fourth-order valence-electron chi connectivity index (χ4n) is 1.43. The topological polar surface area (TPSA) is 62.4 Å². The van der Waals surface area contributed by atoms with Crippen LogP contribution in [-0.4, -0.2) is 45.9 Å². The van der Waals surface area contributed by atoms with Gasteiger partial charge in [0.05, 0.1) is 7.11 Å². The number of unbranched alkanes of at least 4 members (excludes halogenated alkanes) is 3. The Bertz CT molecular complexity index is 177. The van der Waals surface area contributed by atoms with Crippen LogP contribution in [0.3, 0.4) is 0 Å². The lowest BCUT2D eigenvalue weighted by Crippen LogP contribution is -2.35. The van der Waals surface area contributed by atoms with E-state index in [2.05, 4.69) is 27.6 Å². The summed E-state index contributed by atoms with van der Waals surface area (Å²) in [5.74, 6) is 0. The van der Waals surface area contributed by atoms with Crippen molar-refractivity contribution in [2.24, 2.45) is 0 Å². The van der Waals surface area contributed by atoms with Crippen LogP contribution in [0.1, 0.15) is 32.6 Å². The molecule has 17 heavy (non-hydrogen) atoms. The first-order chi connectivity index (χ1) is 8.31. The van der Waals surface area contributed by atoms with Crippen molar-refractivity contribution in [2.75, 3.05) is 39.8 Å². The third-order valence-electron chi connectivity index (χ3n) is 2.44. The molecule has 0 aromatic rings. The van der Waals surface area contributed by atoms with Gasteiger partial charge in [-0.15, -0.1) is 0 Å². The number of carbonyl (C=O) groups excluding carboxylic acids is 1. The van der Waals surface area contributed by atoms with Crippen molar-refractivity contribution < 1.29 is 9.53 Å². The van der Waals surface area contributed by atoms with E-state index in [1.807, 2.05) is 0 Å². The largest absolute Gasteiger partial charge is 0.453 e. The zero-order valence-electron chi connectivity index (χ0n) is 11.2. The van der Waals surface area contributed by atoms with Crippen LogP contribution < -0.4 is 16.0 Å². The average Bonchev–Trinajstić information content (AvgIpc) is 2.35. The molecule has 0 bridgehead atoms. The summed E-state index contributed by atoms with van der Waals surface area (Å²) in [6.07, 6.45) is 4.83. The number of hydrogen-bond donors (Lipinski definition) is 3. The van der Waals surface area contributed by atoms with Gasteiger partial charge in [0.2, 0.25) is 0 Å². The molecule has 0 fully saturated rings. The van der Waals surface area contributed by atoms with Crippen molar-refractivity contribution in [3.8, 4) is 0 Å². The smallest absolute Gasteiger partial charge is 0.406 e. The van der Waals surface area contributed by atoms with Gasteiger partial charge in [-0.05, 0) is 13.0 Å². The van der Waals surface area contributed by atoms with Gasteiger partial charge in [-0.2, -0.15) is 0 Å². The number of amides is 1. The van der Waals surface area contributed by atoms with E-state index >= 15 is 0 Å². The molecule has 5 nitrogen and oxygen atoms in total.